The second-order valence-corrected chi connectivity index (χ2v) is 7.22. The lowest BCUT2D eigenvalue weighted by Gasteiger charge is -2.43. The average molecular weight is 318 g/mol. The van der Waals surface area contributed by atoms with Crippen molar-refractivity contribution in [3.05, 3.63) is 35.9 Å². The number of hydrogen-bond acceptors (Lipinski definition) is 3. The topological polar surface area (TPSA) is 58.6 Å². The Morgan fingerprint density at radius 2 is 1.87 bits per heavy atom. The molecule has 0 spiro atoms. The van der Waals surface area contributed by atoms with E-state index in [0.717, 1.165) is 5.56 Å². The van der Waals surface area contributed by atoms with E-state index < -0.39 is 12.1 Å². The quantitative estimate of drug-likeness (QED) is 0.930. The van der Waals surface area contributed by atoms with Crippen LogP contribution in [0.25, 0.3) is 0 Å². The van der Waals surface area contributed by atoms with Crippen LogP contribution < -0.4 is 5.32 Å². The number of morpholine rings is 1. The predicted octanol–water partition coefficient (Wildman–Crippen LogP) is 2.28. The molecular weight excluding hydrogens is 292 g/mol. The molecule has 2 rings (SSSR count). The Morgan fingerprint density at radius 1 is 1.26 bits per heavy atom. The Hall–Kier alpha value is -1.88. The molecule has 1 aromatic carbocycles. The van der Waals surface area contributed by atoms with Gasteiger partial charge in [0.2, 0.25) is 5.91 Å². The third kappa shape index (κ3) is 4.10. The molecule has 5 nitrogen and oxygen atoms in total. The molecule has 126 valence electrons. The van der Waals surface area contributed by atoms with Crippen molar-refractivity contribution in [1.29, 1.82) is 0 Å². The van der Waals surface area contributed by atoms with Crippen molar-refractivity contribution >= 4 is 11.8 Å². The third-order valence-corrected chi connectivity index (χ3v) is 3.71. The molecule has 2 atom stereocenters. The van der Waals surface area contributed by atoms with Gasteiger partial charge in [0.25, 0.3) is 5.91 Å². The van der Waals surface area contributed by atoms with Gasteiger partial charge in [0.1, 0.15) is 6.61 Å². The summed E-state index contributed by atoms with van der Waals surface area (Å²) in [4.78, 5) is 26.8. The highest BCUT2D eigenvalue weighted by Crippen LogP contribution is 2.32. The van der Waals surface area contributed by atoms with E-state index in [2.05, 4.69) is 5.32 Å². The van der Waals surface area contributed by atoms with E-state index in [4.69, 9.17) is 4.74 Å². The van der Waals surface area contributed by atoms with Gasteiger partial charge in [0.05, 0.1) is 6.04 Å². The van der Waals surface area contributed by atoms with Crippen LogP contribution >= 0.6 is 0 Å². The maximum Gasteiger partial charge on any atom is 0.252 e. The highest BCUT2D eigenvalue weighted by Gasteiger charge is 2.43. The van der Waals surface area contributed by atoms with E-state index in [-0.39, 0.29) is 30.0 Å². The molecule has 0 saturated carbocycles. The average Bonchev–Trinajstić information content (AvgIpc) is 2.45. The lowest BCUT2D eigenvalue weighted by molar-refractivity contribution is -0.167. The summed E-state index contributed by atoms with van der Waals surface area (Å²) in [5, 5.41) is 2.96. The number of hydrogen-bond donors (Lipinski definition) is 1. The van der Waals surface area contributed by atoms with Gasteiger partial charge in [-0.2, -0.15) is 0 Å². The molecule has 0 unspecified atom stereocenters. The SMILES string of the molecule is CC(C)N1C(=O)CO[C@H](C(=O)NC(C)(C)C)[C@H]1c1ccccc1. The monoisotopic (exact) mass is 318 g/mol. The summed E-state index contributed by atoms with van der Waals surface area (Å²) >= 11 is 0. The minimum Gasteiger partial charge on any atom is -0.356 e. The highest BCUT2D eigenvalue weighted by molar-refractivity contribution is 5.87. The fourth-order valence-corrected chi connectivity index (χ4v) is 2.88. The standard InChI is InChI=1S/C18H26N2O3/c1-12(2)20-14(21)11-23-16(17(22)19-18(3,4)5)15(20)13-9-7-6-8-10-13/h6-10,12,15-16H,11H2,1-5H3,(H,19,22)/t15-,16+/m1/s1. The summed E-state index contributed by atoms with van der Waals surface area (Å²) in [6, 6.07) is 9.16. The number of carbonyl (C=O) groups excluding carboxylic acids is 2. The Kier molecular flexibility index (Phi) is 5.09. The summed E-state index contributed by atoms with van der Waals surface area (Å²) in [6.07, 6.45) is -0.711. The maximum atomic E-state index is 12.7. The van der Waals surface area contributed by atoms with Gasteiger partial charge in [0.15, 0.2) is 6.10 Å². The molecule has 1 aromatic rings. The van der Waals surface area contributed by atoms with Crippen LogP contribution in [0.1, 0.15) is 46.2 Å². The van der Waals surface area contributed by atoms with Crippen molar-refractivity contribution in [3.63, 3.8) is 0 Å². The molecule has 0 bridgehead atoms. The van der Waals surface area contributed by atoms with Gasteiger partial charge in [-0.15, -0.1) is 0 Å². The number of ether oxygens (including phenoxy) is 1. The molecule has 0 aromatic heterocycles. The van der Waals surface area contributed by atoms with Gasteiger partial charge in [-0.25, -0.2) is 0 Å². The first kappa shape index (κ1) is 17.5. The first-order chi connectivity index (χ1) is 10.7. The van der Waals surface area contributed by atoms with Crippen LogP contribution in [0, 0.1) is 0 Å². The Bertz CT molecular complexity index is 563. The van der Waals surface area contributed by atoms with Crippen molar-refractivity contribution in [3.8, 4) is 0 Å². The van der Waals surface area contributed by atoms with E-state index in [1.807, 2.05) is 65.0 Å². The molecule has 1 heterocycles. The molecule has 1 aliphatic rings. The second kappa shape index (κ2) is 6.71. The number of nitrogens with one attached hydrogen (secondary N) is 1. The van der Waals surface area contributed by atoms with Gasteiger partial charge in [-0.05, 0) is 40.2 Å². The fourth-order valence-electron chi connectivity index (χ4n) is 2.88. The highest BCUT2D eigenvalue weighted by atomic mass is 16.5. The summed E-state index contributed by atoms with van der Waals surface area (Å²) in [7, 11) is 0. The number of amides is 2. The molecule has 2 amide bonds. The van der Waals surface area contributed by atoms with E-state index in [1.54, 1.807) is 4.90 Å². The van der Waals surface area contributed by atoms with Gasteiger partial charge in [0, 0.05) is 11.6 Å². The minimum atomic E-state index is -0.711. The minimum absolute atomic E-state index is 0.0125. The molecule has 1 aliphatic heterocycles. The predicted molar refractivity (Wildman–Crippen MR) is 88.8 cm³/mol. The van der Waals surface area contributed by atoms with Crippen molar-refractivity contribution < 1.29 is 14.3 Å². The summed E-state index contributed by atoms with van der Waals surface area (Å²) in [5.41, 5.74) is 0.550. The number of rotatable bonds is 3. The largest absolute Gasteiger partial charge is 0.356 e. The van der Waals surface area contributed by atoms with E-state index in [9.17, 15) is 9.59 Å². The first-order valence-corrected chi connectivity index (χ1v) is 8.00. The molecule has 23 heavy (non-hydrogen) atoms. The fraction of sp³-hybridized carbons (Fsp3) is 0.556. The van der Waals surface area contributed by atoms with Crippen molar-refractivity contribution in [1.82, 2.24) is 10.2 Å². The molecule has 5 heteroatoms. The van der Waals surface area contributed by atoms with Crippen LogP contribution in [0.3, 0.4) is 0 Å². The zero-order chi connectivity index (χ0) is 17.2. The first-order valence-electron chi connectivity index (χ1n) is 8.00. The van der Waals surface area contributed by atoms with Gasteiger partial charge in [-0.3, -0.25) is 9.59 Å². The number of benzene rings is 1. The third-order valence-electron chi connectivity index (χ3n) is 3.71. The summed E-state index contributed by atoms with van der Waals surface area (Å²) in [6.45, 7) is 9.63. The zero-order valence-corrected chi connectivity index (χ0v) is 14.5. The molecule has 1 fully saturated rings. The lowest BCUT2D eigenvalue weighted by Crippen LogP contribution is -2.58. The van der Waals surface area contributed by atoms with Crippen LogP contribution in [-0.2, 0) is 14.3 Å². The lowest BCUT2D eigenvalue weighted by atomic mass is 9.95. The van der Waals surface area contributed by atoms with E-state index in [0.29, 0.717) is 0 Å². The Morgan fingerprint density at radius 3 is 2.39 bits per heavy atom. The van der Waals surface area contributed by atoms with Crippen LogP contribution in [0.15, 0.2) is 30.3 Å². The van der Waals surface area contributed by atoms with Crippen molar-refractivity contribution in [2.75, 3.05) is 6.61 Å². The zero-order valence-electron chi connectivity index (χ0n) is 14.5. The normalized spacial score (nSPS) is 22.3. The Labute approximate surface area is 138 Å². The van der Waals surface area contributed by atoms with Gasteiger partial charge in [-0.1, -0.05) is 30.3 Å². The smallest absolute Gasteiger partial charge is 0.252 e. The van der Waals surface area contributed by atoms with Gasteiger partial charge >= 0.3 is 0 Å². The maximum absolute atomic E-state index is 12.7. The number of nitrogens with zero attached hydrogens (tertiary/aromatic N) is 1. The molecule has 1 N–H and O–H groups in total. The number of carbonyl (C=O) groups is 2. The molecule has 1 saturated heterocycles. The molecular formula is C18H26N2O3. The van der Waals surface area contributed by atoms with Gasteiger partial charge < -0.3 is 15.0 Å². The molecule has 0 aliphatic carbocycles. The summed E-state index contributed by atoms with van der Waals surface area (Å²) < 4.78 is 5.64. The second-order valence-electron chi connectivity index (χ2n) is 7.22. The molecule has 0 radical (unpaired) electrons. The summed E-state index contributed by atoms with van der Waals surface area (Å²) in [5.74, 6) is -0.279. The van der Waals surface area contributed by atoms with Crippen molar-refractivity contribution in [2.24, 2.45) is 0 Å². The van der Waals surface area contributed by atoms with Crippen molar-refractivity contribution in [2.45, 2.75) is 58.3 Å². The van der Waals surface area contributed by atoms with E-state index in [1.165, 1.54) is 0 Å². The van der Waals surface area contributed by atoms with E-state index >= 15 is 0 Å². The van der Waals surface area contributed by atoms with Crippen LogP contribution in [0.5, 0.6) is 0 Å². The van der Waals surface area contributed by atoms with Crippen LogP contribution in [0.4, 0.5) is 0 Å². The Balaban J connectivity index is 2.39. The van der Waals surface area contributed by atoms with Crippen LogP contribution in [-0.4, -0.2) is 41.0 Å². The van der Waals surface area contributed by atoms with Crippen LogP contribution in [0.2, 0.25) is 0 Å².